The maximum atomic E-state index is 12.6. The van der Waals surface area contributed by atoms with Crippen LogP contribution in [0.15, 0.2) is 43.0 Å². The lowest BCUT2D eigenvalue weighted by atomic mass is 9.98. The minimum absolute atomic E-state index is 0.118. The largest absolute Gasteiger partial charge is 0.481 e. The molecule has 1 N–H and O–H groups in total. The Bertz CT molecular complexity index is 598. The first-order valence-electron chi connectivity index (χ1n) is 7.39. The molecule has 0 spiro atoms. The van der Waals surface area contributed by atoms with Crippen LogP contribution in [-0.2, 0) is 20.7 Å². The van der Waals surface area contributed by atoms with Gasteiger partial charge in [-0.15, -0.1) is 6.58 Å². The second-order valence-electron chi connectivity index (χ2n) is 5.45. The Balaban J connectivity index is 2.15. The second kappa shape index (κ2) is 7.58. The van der Waals surface area contributed by atoms with Gasteiger partial charge in [0.15, 0.2) is 0 Å². The molecule has 2 amide bonds. The van der Waals surface area contributed by atoms with Crippen LogP contribution in [0.3, 0.4) is 0 Å². The Morgan fingerprint density at radius 1 is 1.39 bits per heavy atom. The molecule has 0 radical (unpaired) electrons. The molecule has 1 aliphatic heterocycles. The number of amides is 2. The van der Waals surface area contributed by atoms with Crippen LogP contribution in [0.5, 0.6) is 0 Å². The van der Waals surface area contributed by atoms with Gasteiger partial charge in [0.05, 0.1) is 18.4 Å². The first-order chi connectivity index (χ1) is 11.0. The van der Waals surface area contributed by atoms with E-state index in [4.69, 9.17) is 9.84 Å². The van der Waals surface area contributed by atoms with Gasteiger partial charge in [-0.1, -0.05) is 36.4 Å². The molecule has 2 atom stereocenters. The molecule has 1 aromatic carbocycles. The van der Waals surface area contributed by atoms with E-state index in [1.807, 2.05) is 30.3 Å². The fraction of sp³-hybridized carbons (Fsp3) is 0.353. The molecule has 0 aromatic heterocycles. The van der Waals surface area contributed by atoms with E-state index < -0.39 is 29.9 Å². The van der Waals surface area contributed by atoms with E-state index in [1.165, 1.54) is 6.08 Å². The third-order valence-electron chi connectivity index (χ3n) is 3.73. The van der Waals surface area contributed by atoms with Crippen molar-refractivity contribution in [2.24, 2.45) is 5.92 Å². The summed E-state index contributed by atoms with van der Waals surface area (Å²) >= 11 is 0. The van der Waals surface area contributed by atoms with Crippen LogP contribution in [0.25, 0.3) is 0 Å². The fourth-order valence-corrected chi connectivity index (χ4v) is 2.65. The van der Waals surface area contributed by atoms with Crippen LogP contribution in [-0.4, -0.2) is 40.6 Å². The maximum absolute atomic E-state index is 12.6. The van der Waals surface area contributed by atoms with E-state index in [-0.39, 0.29) is 19.4 Å². The summed E-state index contributed by atoms with van der Waals surface area (Å²) in [5.41, 5.74) is 0.979. The summed E-state index contributed by atoms with van der Waals surface area (Å²) in [6, 6.07) is 9.04. The average molecular weight is 317 g/mol. The minimum atomic E-state index is -1.09. The third kappa shape index (κ3) is 4.18. The topological polar surface area (TPSA) is 83.9 Å². The summed E-state index contributed by atoms with van der Waals surface area (Å²) in [5.74, 6) is -2.41. The van der Waals surface area contributed by atoms with E-state index >= 15 is 0 Å². The summed E-state index contributed by atoms with van der Waals surface area (Å²) in [7, 11) is 0. The number of aliphatic carboxylic acids is 1. The van der Waals surface area contributed by atoms with Gasteiger partial charge in [-0.25, -0.2) is 9.69 Å². The van der Waals surface area contributed by atoms with Crippen molar-refractivity contribution >= 4 is 18.0 Å². The molecule has 122 valence electrons. The number of hydrogen-bond acceptors (Lipinski definition) is 4. The Morgan fingerprint density at radius 2 is 2.09 bits per heavy atom. The number of carbonyl (C=O) groups excluding carboxylic acids is 2. The number of nitrogens with zero attached hydrogens (tertiary/aromatic N) is 1. The monoisotopic (exact) mass is 317 g/mol. The Kier molecular flexibility index (Phi) is 5.51. The molecule has 23 heavy (non-hydrogen) atoms. The number of hydrogen-bond donors (Lipinski definition) is 1. The highest BCUT2D eigenvalue weighted by Gasteiger charge is 2.40. The predicted molar refractivity (Wildman–Crippen MR) is 82.7 cm³/mol. The number of carbonyl (C=O) groups is 3. The van der Waals surface area contributed by atoms with E-state index in [1.54, 1.807) is 0 Å². The fourth-order valence-electron chi connectivity index (χ4n) is 2.65. The molecule has 1 fully saturated rings. The summed E-state index contributed by atoms with van der Waals surface area (Å²) in [5, 5.41) is 8.95. The second-order valence-corrected chi connectivity index (χ2v) is 5.45. The average Bonchev–Trinajstić information content (AvgIpc) is 2.87. The molecular weight excluding hydrogens is 298 g/mol. The molecule has 6 heteroatoms. The van der Waals surface area contributed by atoms with Crippen LogP contribution >= 0.6 is 0 Å². The number of imide groups is 1. The highest BCUT2D eigenvalue weighted by molar-refractivity contribution is 5.96. The SMILES string of the molecule is C=CC[C@@H](CC(=O)O)C(=O)N1C(=O)OCC1Cc1ccccc1. The smallest absolute Gasteiger partial charge is 0.416 e. The Hall–Kier alpha value is -2.63. The van der Waals surface area contributed by atoms with Crippen LogP contribution in [0.1, 0.15) is 18.4 Å². The van der Waals surface area contributed by atoms with Gasteiger partial charge in [-0.05, 0) is 18.4 Å². The van der Waals surface area contributed by atoms with Gasteiger partial charge in [0.2, 0.25) is 5.91 Å². The molecular formula is C17H19NO5. The third-order valence-corrected chi connectivity index (χ3v) is 3.73. The van der Waals surface area contributed by atoms with Gasteiger partial charge >= 0.3 is 12.1 Å². The van der Waals surface area contributed by atoms with Crippen molar-refractivity contribution in [3.05, 3.63) is 48.6 Å². The molecule has 1 unspecified atom stereocenters. The molecule has 0 saturated carbocycles. The summed E-state index contributed by atoms with van der Waals surface area (Å²) in [6.45, 7) is 3.66. The zero-order valence-corrected chi connectivity index (χ0v) is 12.7. The lowest BCUT2D eigenvalue weighted by Gasteiger charge is -2.23. The normalized spacial score (nSPS) is 18.3. The number of cyclic esters (lactones) is 1. The Labute approximate surface area is 134 Å². The molecule has 1 heterocycles. The van der Waals surface area contributed by atoms with E-state index in [0.717, 1.165) is 10.5 Å². The zero-order valence-electron chi connectivity index (χ0n) is 12.7. The van der Waals surface area contributed by atoms with Gasteiger partial charge in [-0.2, -0.15) is 0 Å². The molecule has 0 bridgehead atoms. The highest BCUT2D eigenvalue weighted by atomic mass is 16.6. The van der Waals surface area contributed by atoms with Gasteiger partial charge in [-0.3, -0.25) is 9.59 Å². The van der Waals surface area contributed by atoms with Crippen molar-refractivity contribution in [1.29, 1.82) is 0 Å². The first-order valence-corrected chi connectivity index (χ1v) is 7.39. The van der Waals surface area contributed by atoms with Crippen molar-refractivity contribution in [3.63, 3.8) is 0 Å². The number of carboxylic acid groups (broad SMARTS) is 1. The van der Waals surface area contributed by atoms with Crippen LogP contribution in [0.4, 0.5) is 4.79 Å². The molecule has 6 nitrogen and oxygen atoms in total. The van der Waals surface area contributed by atoms with Crippen molar-refractivity contribution in [2.45, 2.75) is 25.3 Å². The highest BCUT2D eigenvalue weighted by Crippen LogP contribution is 2.23. The Morgan fingerprint density at radius 3 is 2.70 bits per heavy atom. The standard InChI is InChI=1S/C17H19NO5/c1-2-6-13(10-15(19)20)16(21)18-14(11-23-17(18)22)9-12-7-4-3-5-8-12/h2-5,7-8,13-14H,1,6,9-11H2,(H,19,20)/t13-,14?/m0/s1. The van der Waals surface area contributed by atoms with Crippen molar-refractivity contribution in [3.8, 4) is 0 Å². The first kappa shape index (κ1) is 16.7. The van der Waals surface area contributed by atoms with Gasteiger partial charge in [0.1, 0.15) is 6.61 Å². The molecule has 1 saturated heterocycles. The lowest BCUT2D eigenvalue weighted by molar-refractivity contribution is -0.143. The number of rotatable bonds is 7. The van der Waals surface area contributed by atoms with Gasteiger partial charge in [0.25, 0.3) is 0 Å². The molecule has 2 rings (SSSR count). The quantitative estimate of drug-likeness (QED) is 0.780. The molecule has 0 aliphatic carbocycles. The van der Waals surface area contributed by atoms with E-state index in [0.29, 0.717) is 6.42 Å². The lowest BCUT2D eigenvalue weighted by Crippen LogP contribution is -2.44. The minimum Gasteiger partial charge on any atom is -0.481 e. The summed E-state index contributed by atoms with van der Waals surface area (Å²) in [6.07, 6.45) is 1.11. The number of ether oxygens (including phenoxy) is 1. The number of benzene rings is 1. The summed E-state index contributed by atoms with van der Waals surface area (Å²) < 4.78 is 5.00. The van der Waals surface area contributed by atoms with E-state index in [2.05, 4.69) is 6.58 Å². The molecule has 1 aromatic rings. The van der Waals surface area contributed by atoms with Crippen LogP contribution < -0.4 is 0 Å². The van der Waals surface area contributed by atoms with Gasteiger partial charge < -0.3 is 9.84 Å². The van der Waals surface area contributed by atoms with Crippen LogP contribution in [0.2, 0.25) is 0 Å². The van der Waals surface area contributed by atoms with Crippen molar-refractivity contribution in [2.75, 3.05) is 6.61 Å². The number of allylic oxidation sites excluding steroid dienone is 1. The van der Waals surface area contributed by atoms with Crippen LogP contribution in [0, 0.1) is 5.92 Å². The van der Waals surface area contributed by atoms with Gasteiger partial charge in [0, 0.05) is 0 Å². The zero-order chi connectivity index (χ0) is 16.8. The predicted octanol–water partition coefficient (Wildman–Crippen LogP) is 2.24. The van der Waals surface area contributed by atoms with E-state index in [9.17, 15) is 14.4 Å². The summed E-state index contributed by atoms with van der Waals surface area (Å²) in [4.78, 5) is 36.5. The van der Waals surface area contributed by atoms with Crippen molar-refractivity contribution < 1.29 is 24.2 Å². The van der Waals surface area contributed by atoms with Crippen molar-refractivity contribution in [1.82, 2.24) is 4.90 Å². The molecule has 1 aliphatic rings. The maximum Gasteiger partial charge on any atom is 0.416 e. The number of carboxylic acids is 1.